The minimum atomic E-state index is -0.873. The number of nitrogens with zero attached hydrogens (tertiary/aromatic N) is 2. The number of allylic oxidation sites excluding steroid dienone is 3. The zero-order chi connectivity index (χ0) is 31.3. The molecule has 44 heavy (non-hydrogen) atoms. The third kappa shape index (κ3) is 5.64. The van der Waals surface area contributed by atoms with Gasteiger partial charge in [-0.25, -0.2) is 9.97 Å². The van der Waals surface area contributed by atoms with Gasteiger partial charge in [-0.3, -0.25) is 9.59 Å². The fourth-order valence-electron chi connectivity index (χ4n) is 6.16. The number of H-pyrrole nitrogens is 2. The minimum Gasteiger partial charge on any atom is -0.481 e. The van der Waals surface area contributed by atoms with E-state index < -0.39 is 11.9 Å². The molecule has 0 radical (unpaired) electrons. The lowest BCUT2D eigenvalue weighted by Gasteiger charge is -2.03. The van der Waals surface area contributed by atoms with Gasteiger partial charge in [-0.1, -0.05) is 0 Å². The number of hydrogen-bond donors (Lipinski definition) is 5. The second-order valence-electron chi connectivity index (χ2n) is 11.5. The number of nitrogens with one attached hydrogen (secondary N) is 2. The van der Waals surface area contributed by atoms with Crippen LogP contribution in [0, 0.1) is 13.8 Å². The summed E-state index contributed by atoms with van der Waals surface area (Å²) < 4.78 is 0. The Balaban J connectivity index is 1.74. The molecule has 1 fully saturated rings. The Morgan fingerprint density at radius 3 is 2.14 bits per heavy atom. The molecule has 10 heteroatoms. The number of thioether (sulfide) groups is 1. The van der Waals surface area contributed by atoms with E-state index in [9.17, 15) is 19.8 Å². The predicted octanol–water partition coefficient (Wildman–Crippen LogP) is 7.69. The quantitative estimate of drug-likeness (QED) is 0.128. The summed E-state index contributed by atoms with van der Waals surface area (Å²) in [6, 6.07) is 8.13. The maximum Gasteiger partial charge on any atom is 0.303 e. The van der Waals surface area contributed by atoms with Gasteiger partial charge in [0.1, 0.15) is 0 Å². The lowest BCUT2D eigenvalue weighted by molar-refractivity contribution is -0.137. The van der Waals surface area contributed by atoms with E-state index >= 15 is 0 Å². The van der Waals surface area contributed by atoms with Crippen molar-refractivity contribution >= 4 is 86.8 Å². The summed E-state index contributed by atoms with van der Waals surface area (Å²) in [6.07, 6.45) is 2.60. The second-order valence-corrected chi connectivity index (χ2v) is 13.0. The van der Waals surface area contributed by atoms with E-state index in [1.165, 1.54) is 5.57 Å². The van der Waals surface area contributed by atoms with Crippen LogP contribution in [0.15, 0.2) is 29.7 Å². The van der Waals surface area contributed by atoms with Crippen LogP contribution in [0.5, 0.6) is 0 Å². The summed E-state index contributed by atoms with van der Waals surface area (Å²) in [7, 11) is 0. The van der Waals surface area contributed by atoms with Crippen molar-refractivity contribution < 1.29 is 19.8 Å². The predicted molar refractivity (Wildman–Crippen MR) is 183 cm³/mol. The molecule has 6 rings (SSSR count). The molecule has 0 amide bonds. The molecule has 8 bridgehead atoms. The van der Waals surface area contributed by atoms with Crippen molar-refractivity contribution in [3.05, 3.63) is 74.7 Å². The van der Waals surface area contributed by atoms with Gasteiger partial charge >= 0.3 is 11.9 Å². The summed E-state index contributed by atoms with van der Waals surface area (Å²) in [6.45, 7) is 8.17. The maximum atomic E-state index is 11.6. The Labute approximate surface area is 264 Å². The van der Waals surface area contributed by atoms with Gasteiger partial charge in [0.15, 0.2) is 0 Å². The SMILES string of the molecule is CC1=C(CCC(=O)O)c2cc3[nH]c(cc4[nH]c(cc5nc(cc1n2)C(C)=C5[C@@H]1CS1)c(C)c4/C=C\S)c(C)c3CCC(=O)O. The molecule has 0 unspecified atom stereocenters. The zero-order valence-corrected chi connectivity index (χ0v) is 26.7. The number of aromatic amines is 2. The fourth-order valence-corrected chi connectivity index (χ4v) is 7.04. The van der Waals surface area contributed by atoms with Gasteiger partial charge in [-0.15, -0.1) is 0 Å². The average Bonchev–Trinajstić information content (AvgIpc) is 3.53. The summed E-state index contributed by atoms with van der Waals surface area (Å²) in [4.78, 5) is 40.5. The van der Waals surface area contributed by atoms with Gasteiger partial charge in [-0.05, 0) is 115 Å². The molecule has 4 N–H and O–H groups in total. The number of carbonyl (C=O) groups is 2. The molecule has 1 atom stereocenters. The first-order chi connectivity index (χ1) is 21.0. The number of aryl methyl sites for hydroxylation is 3. The Morgan fingerprint density at radius 2 is 1.45 bits per heavy atom. The van der Waals surface area contributed by atoms with E-state index in [1.54, 1.807) is 5.41 Å². The van der Waals surface area contributed by atoms with Crippen molar-refractivity contribution in [3.8, 4) is 0 Å². The highest BCUT2D eigenvalue weighted by atomic mass is 32.2. The van der Waals surface area contributed by atoms with Gasteiger partial charge in [0.25, 0.3) is 0 Å². The summed E-state index contributed by atoms with van der Waals surface area (Å²) in [5.41, 5.74) is 14.8. The van der Waals surface area contributed by atoms with Crippen LogP contribution >= 0.6 is 24.4 Å². The van der Waals surface area contributed by atoms with Crippen LogP contribution in [0.1, 0.15) is 78.1 Å². The normalized spacial score (nSPS) is 16.3. The maximum absolute atomic E-state index is 11.6. The Hall–Kier alpha value is -4.02. The van der Waals surface area contributed by atoms with Crippen molar-refractivity contribution in [2.45, 2.75) is 58.6 Å². The first kappa shape index (κ1) is 30.0. The third-order valence-electron chi connectivity index (χ3n) is 8.71. The lowest BCUT2D eigenvalue weighted by atomic mass is 9.99. The van der Waals surface area contributed by atoms with Crippen LogP contribution in [0.2, 0.25) is 0 Å². The lowest BCUT2D eigenvalue weighted by Crippen LogP contribution is -1.98. The van der Waals surface area contributed by atoms with Crippen molar-refractivity contribution in [2.75, 3.05) is 5.75 Å². The number of carboxylic acid groups (broad SMARTS) is 2. The number of aromatic nitrogens is 4. The Morgan fingerprint density at radius 1 is 0.841 bits per heavy atom. The van der Waals surface area contributed by atoms with Crippen molar-refractivity contribution in [1.82, 2.24) is 19.9 Å². The smallest absolute Gasteiger partial charge is 0.303 e. The molecular formula is C34H34N4O4S2. The summed E-state index contributed by atoms with van der Waals surface area (Å²) in [5, 5.41) is 21.1. The highest BCUT2D eigenvalue weighted by molar-refractivity contribution is 8.07. The first-order valence-electron chi connectivity index (χ1n) is 14.6. The Kier molecular flexibility index (Phi) is 8.06. The number of fused-ring (bicyclic) bond motifs is 8. The van der Waals surface area contributed by atoms with Crippen molar-refractivity contribution in [2.24, 2.45) is 0 Å². The molecule has 1 saturated heterocycles. The topological polar surface area (TPSA) is 132 Å². The van der Waals surface area contributed by atoms with Crippen LogP contribution in [0.25, 0.3) is 50.4 Å². The molecule has 6 heterocycles. The van der Waals surface area contributed by atoms with Crippen LogP contribution < -0.4 is 0 Å². The van der Waals surface area contributed by atoms with E-state index in [0.29, 0.717) is 23.8 Å². The number of hydrogen-bond acceptors (Lipinski definition) is 6. The van der Waals surface area contributed by atoms with Crippen LogP contribution in [-0.2, 0) is 16.0 Å². The molecule has 0 aliphatic carbocycles. The molecule has 0 spiro atoms. The van der Waals surface area contributed by atoms with Crippen LogP contribution in [0.4, 0.5) is 0 Å². The number of aliphatic carboxylic acids is 2. The monoisotopic (exact) mass is 626 g/mol. The van der Waals surface area contributed by atoms with Gasteiger partial charge in [0.2, 0.25) is 0 Å². The van der Waals surface area contributed by atoms with Gasteiger partial charge in [0.05, 0.1) is 22.8 Å². The van der Waals surface area contributed by atoms with Crippen molar-refractivity contribution in [1.29, 1.82) is 0 Å². The van der Waals surface area contributed by atoms with E-state index in [0.717, 1.165) is 83.9 Å². The average molecular weight is 627 g/mol. The number of thiol groups is 1. The third-order valence-corrected chi connectivity index (χ3v) is 9.76. The molecule has 8 nitrogen and oxygen atoms in total. The van der Waals surface area contributed by atoms with E-state index in [2.05, 4.69) is 48.6 Å². The molecule has 3 aromatic heterocycles. The second kappa shape index (κ2) is 11.8. The molecule has 0 aromatic carbocycles. The van der Waals surface area contributed by atoms with Crippen molar-refractivity contribution in [3.63, 3.8) is 0 Å². The number of rotatable bonds is 8. The van der Waals surface area contributed by atoms with E-state index in [4.69, 9.17) is 9.97 Å². The molecule has 3 aliphatic heterocycles. The highest BCUT2D eigenvalue weighted by Gasteiger charge is 2.33. The molecular weight excluding hydrogens is 593 g/mol. The Bertz CT molecular complexity index is 1990. The first-order valence-corrected chi connectivity index (χ1v) is 16.1. The van der Waals surface area contributed by atoms with E-state index in [-0.39, 0.29) is 12.8 Å². The standard InChI is InChI=1S/C34H34N4O4S2/c1-16-20(5-7-32(39)40)28-14-29-21(6-8-33(41)42)17(2)24(36-29)12-27-22(9-10-43)18(3)25(37-27)13-30-34(31-15-44-31)19(4)26(38-30)11-23(16)35-28/h9-14,31,36-37,43H,5-8,15H2,1-4H3,(H,39,40)(H,41,42)/b10-9-,23-11?,24-12?,25-13?,26-11?,27-12?,28-14?,29-14?,30-13?/t31-/m0/s1. The van der Waals surface area contributed by atoms with Gasteiger partial charge < -0.3 is 20.2 Å². The zero-order valence-electron chi connectivity index (χ0n) is 25.0. The largest absolute Gasteiger partial charge is 0.481 e. The summed E-state index contributed by atoms with van der Waals surface area (Å²) in [5.74, 6) is -0.681. The van der Waals surface area contributed by atoms with Gasteiger partial charge in [0, 0.05) is 51.5 Å². The fraction of sp³-hybridized carbons (Fsp3) is 0.294. The molecule has 226 valence electrons. The van der Waals surface area contributed by atoms with E-state index in [1.807, 2.05) is 43.8 Å². The van der Waals surface area contributed by atoms with Crippen LogP contribution in [-0.4, -0.2) is 53.1 Å². The molecule has 3 aliphatic rings. The minimum absolute atomic E-state index is 0.0165. The van der Waals surface area contributed by atoms with Crippen LogP contribution in [0.3, 0.4) is 0 Å². The number of carboxylic acids is 2. The van der Waals surface area contributed by atoms with Gasteiger partial charge in [-0.2, -0.15) is 24.4 Å². The summed E-state index contributed by atoms with van der Waals surface area (Å²) >= 11 is 6.28. The molecule has 3 aromatic rings. The molecule has 0 saturated carbocycles. The highest BCUT2D eigenvalue weighted by Crippen LogP contribution is 2.47.